The molecule has 0 aliphatic heterocycles. The summed E-state index contributed by atoms with van der Waals surface area (Å²) < 4.78 is 0. The summed E-state index contributed by atoms with van der Waals surface area (Å²) in [5.74, 6) is 1.92. The number of allylic oxidation sites excluding steroid dienone is 1. The lowest BCUT2D eigenvalue weighted by molar-refractivity contribution is 0.432. The van der Waals surface area contributed by atoms with Crippen molar-refractivity contribution in [3.05, 3.63) is 59.7 Å². The van der Waals surface area contributed by atoms with E-state index >= 15 is 0 Å². The third kappa shape index (κ3) is 4.45. The fourth-order valence-electron chi connectivity index (χ4n) is 3.96. The van der Waals surface area contributed by atoms with Crippen molar-refractivity contribution in [2.24, 2.45) is 11.8 Å². The van der Waals surface area contributed by atoms with Gasteiger partial charge in [0, 0.05) is 11.2 Å². The summed E-state index contributed by atoms with van der Waals surface area (Å²) in [5.41, 5.74) is 5.70. The molecule has 0 nitrogen and oxygen atoms in total. The zero-order chi connectivity index (χ0) is 17.0. The lowest BCUT2D eigenvalue weighted by Crippen LogP contribution is -2.19. The van der Waals surface area contributed by atoms with Gasteiger partial charge in [-0.3, -0.25) is 0 Å². The summed E-state index contributed by atoms with van der Waals surface area (Å²) in [6, 6.07) is 8.79. The highest BCUT2D eigenvalue weighted by Gasteiger charge is 2.31. The summed E-state index contributed by atoms with van der Waals surface area (Å²) in [6.07, 6.45) is 4.85. The first kappa shape index (κ1) is 19.1. The molecule has 1 fully saturated rings. The van der Waals surface area contributed by atoms with Crippen molar-refractivity contribution in [1.82, 2.24) is 0 Å². The first-order chi connectivity index (χ1) is 11.0. The van der Waals surface area contributed by atoms with E-state index in [0.717, 1.165) is 12.3 Å². The molecule has 0 heterocycles. The molecular formula is C21H29IS. The quantitative estimate of drug-likeness (QED) is 0.313. The summed E-state index contributed by atoms with van der Waals surface area (Å²) in [6.45, 7) is 15.8. The SMILES string of the molecule is C=C(C(CC1C(=C)CCC1C)SI)C(CC)c1ccccc1C. The van der Waals surface area contributed by atoms with E-state index in [4.69, 9.17) is 0 Å². The molecule has 0 aromatic heterocycles. The first-order valence-corrected chi connectivity index (χ1v) is 12.1. The van der Waals surface area contributed by atoms with Crippen LogP contribution in [0.25, 0.3) is 0 Å². The molecule has 2 heteroatoms. The summed E-state index contributed by atoms with van der Waals surface area (Å²) in [4.78, 5) is 0. The third-order valence-corrected chi connectivity index (χ3v) is 8.09. The number of benzene rings is 1. The highest BCUT2D eigenvalue weighted by Crippen LogP contribution is 2.45. The average molecular weight is 440 g/mol. The lowest BCUT2D eigenvalue weighted by Gasteiger charge is -2.29. The van der Waals surface area contributed by atoms with Crippen molar-refractivity contribution in [1.29, 1.82) is 0 Å². The van der Waals surface area contributed by atoms with Crippen LogP contribution in [-0.4, -0.2) is 5.25 Å². The number of hydrogen-bond acceptors (Lipinski definition) is 1. The smallest absolute Gasteiger partial charge is 0.0366 e. The second-order valence-corrected chi connectivity index (χ2v) is 9.26. The maximum atomic E-state index is 4.55. The Morgan fingerprint density at radius 2 is 2.09 bits per heavy atom. The van der Waals surface area contributed by atoms with E-state index in [1.54, 1.807) is 0 Å². The van der Waals surface area contributed by atoms with Gasteiger partial charge in [0.1, 0.15) is 0 Å². The van der Waals surface area contributed by atoms with Gasteiger partial charge < -0.3 is 0 Å². The molecule has 1 aliphatic rings. The molecule has 1 saturated carbocycles. The molecule has 0 bridgehead atoms. The molecule has 0 amide bonds. The van der Waals surface area contributed by atoms with Crippen LogP contribution < -0.4 is 0 Å². The molecule has 23 heavy (non-hydrogen) atoms. The molecule has 1 aromatic rings. The van der Waals surface area contributed by atoms with Gasteiger partial charge in [-0.25, -0.2) is 0 Å². The maximum Gasteiger partial charge on any atom is 0.0366 e. The molecule has 4 unspecified atom stereocenters. The van der Waals surface area contributed by atoms with Crippen molar-refractivity contribution < 1.29 is 0 Å². The first-order valence-electron chi connectivity index (χ1n) is 8.68. The Morgan fingerprint density at radius 1 is 1.39 bits per heavy atom. The van der Waals surface area contributed by atoms with Crippen LogP contribution in [0.5, 0.6) is 0 Å². The second kappa shape index (κ2) is 8.75. The highest BCUT2D eigenvalue weighted by atomic mass is 127. The van der Waals surface area contributed by atoms with E-state index in [1.165, 1.54) is 41.5 Å². The lowest BCUT2D eigenvalue weighted by atomic mass is 9.81. The van der Waals surface area contributed by atoms with Gasteiger partial charge in [-0.1, -0.05) is 71.4 Å². The second-order valence-electron chi connectivity index (χ2n) is 6.99. The van der Waals surface area contributed by atoms with E-state index < -0.39 is 0 Å². The number of aryl methyl sites for hydroxylation is 1. The Labute approximate surface area is 158 Å². The topological polar surface area (TPSA) is 0 Å². The van der Waals surface area contributed by atoms with Crippen LogP contribution in [0, 0.1) is 18.8 Å². The molecule has 2 rings (SSSR count). The number of halogens is 1. The minimum Gasteiger partial charge on any atom is -0.0996 e. The van der Waals surface area contributed by atoms with Crippen LogP contribution in [-0.2, 0) is 0 Å². The molecule has 0 N–H and O–H groups in total. The molecule has 1 aromatic carbocycles. The highest BCUT2D eigenvalue weighted by molar-refractivity contribution is 14.2. The van der Waals surface area contributed by atoms with Crippen LogP contribution in [0.15, 0.2) is 48.6 Å². The Bertz CT molecular complexity index is 563. The number of hydrogen-bond donors (Lipinski definition) is 0. The average Bonchev–Trinajstić information content (AvgIpc) is 2.86. The summed E-state index contributed by atoms with van der Waals surface area (Å²) in [5, 5.41) is 0.516. The van der Waals surface area contributed by atoms with Crippen LogP contribution >= 0.6 is 30.1 Å². The Kier molecular flexibility index (Phi) is 7.27. The fourth-order valence-corrected chi connectivity index (χ4v) is 6.12. The zero-order valence-corrected chi connectivity index (χ0v) is 17.6. The van der Waals surface area contributed by atoms with Gasteiger partial charge in [-0.2, -0.15) is 0 Å². The molecule has 4 atom stereocenters. The molecule has 1 aliphatic carbocycles. The molecule has 0 saturated heterocycles. The van der Waals surface area contributed by atoms with Gasteiger partial charge in [-0.15, -0.1) is 0 Å². The fraction of sp³-hybridized carbons (Fsp3) is 0.524. The monoisotopic (exact) mass is 440 g/mol. The Morgan fingerprint density at radius 3 is 2.61 bits per heavy atom. The van der Waals surface area contributed by atoms with E-state index in [9.17, 15) is 0 Å². The minimum absolute atomic E-state index is 0.466. The van der Waals surface area contributed by atoms with Gasteiger partial charge >= 0.3 is 0 Å². The van der Waals surface area contributed by atoms with Crippen LogP contribution in [0.3, 0.4) is 0 Å². The molecule has 0 radical (unpaired) electrons. The van der Waals surface area contributed by atoms with Gasteiger partial charge in [0.05, 0.1) is 0 Å². The van der Waals surface area contributed by atoms with E-state index in [-0.39, 0.29) is 0 Å². The summed E-state index contributed by atoms with van der Waals surface area (Å²) >= 11 is 2.47. The van der Waals surface area contributed by atoms with Gasteiger partial charge in [0.2, 0.25) is 0 Å². The van der Waals surface area contributed by atoms with E-state index in [2.05, 4.69) is 79.4 Å². The van der Waals surface area contributed by atoms with Gasteiger partial charge in [0.15, 0.2) is 0 Å². The molecular weight excluding hydrogens is 411 g/mol. The van der Waals surface area contributed by atoms with Crippen LogP contribution in [0.1, 0.15) is 56.6 Å². The zero-order valence-electron chi connectivity index (χ0n) is 14.6. The minimum atomic E-state index is 0.466. The van der Waals surface area contributed by atoms with Crippen molar-refractivity contribution in [2.75, 3.05) is 0 Å². The largest absolute Gasteiger partial charge is 0.0996 e. The third-order valence-electron chi connectivity index (χ3n) is 5.54. The van der Waals surface area contributed by atoms with E-state index in [0.29, 0.717) is 17.1 Å². The predicted octanol–water partition coefficient (Wildman–Crippen LogP) is 7.49. The molecule has 0 spiro atoms. The normalized spacial score (nSPS) is 23.7. The van der Waals surface area contributed by atoms with Gasteiger partial charge in [0.25, 0.3) is 0 Å². The Hall–Kier alpha value is -0.220. The predicted molar refractivity (Wildman–Crippen MR) is 114 cm³/mol. The van der Waals surface area contributed by atoms with Crippen molar-refractivity contribution >= 4 is 30.1 Å². The van der Waals surface area contributed by atoms with Crippen molar-refractivity contribution in [2.45, 2.75) is 57.6 Å². The van der Waals surface area contributed by atoms with Gasteiger partial charge in [-0.05, 0) is 76.8 Å². The Balaban J connectivity index is 2.17. The number of rotatable bonds is 7. The van der Waals surface area contributed by atoms with Crippen LogP contribution in [0.2, 0.25) is 0 Å². The molecule has 126 valence electrons. The maximum absolute atomic E-state index is 4.55. The van der Waals surface area contributed by atoms with Crippen LogP contribution in [0.4, 0.5) is 0 Å². The summed E-state index contributed by atoms with van der Waals surface area (Å²) in [7, 11) is 1.94. The standard InChI is InChI=1S/C21H29IS/c1-6-18(19-10-8-7-9-14(19)2)17(5)21(23-22)13-20-15(3)11-12-16(20)4/h7-10,16,18,20-21H,3,5-6,11-13H2,1-2,4H3. The van der Waals surface area contributed by atoms with Crippen molar-refractivity contribution in [3.63, 3.8) is 0 Å². The van der Waals surface area contributed by atoms with Crippen molar-refractivity contribution in [3.8, 4) is 0 Å². The van der Waals surface area contributed by atoms with E-state index in [1.807, 2.05) is 8.93 Å².